The van der Waals surface area contributed by atoms with Crippen molar-refractivity contribution in [1.82, 2.24) is 4.57 Å². The lowest BCUT2D eigenvalue weighted by molar-refractivity contribution is -0.139. The topological polar surface area (TPSA) is 72.7 Å². The Kier molecular flexibility index (Phi) is 5.90. The summed E-state index contributed by atoms with van der Waals surface area (Å²) >= 11 is 8.68. The van der Waals surface area contributed by atoms with Crippen LogP contribution in [0.15, 0.2) is 62.8 Å². The number of rotatable bonds is 5. The Morgan fingerprint density at radius 1 is 1.33 bits per heavy atom. The van der Waals surface area contributed by atoms with Gasteiger partial charge in [0.2, 0.25) is 0 Å². The monoisotopic (exact) mass is 459 g/mol. The molecule has 6 nitrogen and oxygen atoms in total. The quantitative estimate of drug-likeness (QED) is 0.592. The second kappa shape index (κ2) is 8.59. The number of benzene rings is 1. The molecule has 0 radical (unpaired) electrons. The van der Waals surface area contributed by atoms with Crippen molar-refractivity contribution in [2.24, 2.45) is 4.99 Å². The van der Waals surface area contributed by atoms with Crippen LogP contribution in [0.5, 0.6) is 0 Å². The van der Waals surface area contributed by atoms with Gasteiger partial charge in [-0.05, 0) is 49.6 Å². The van der Waals surface area contributed by atoms with E-state index in [1.54, 1.807) is 36.7 Å². The molecule has 1 aromatic carbocycles. The van der Waals surface area contributed by atoms with E-state index in [0.29, 0.717) is 25.6 Å². The average molecular weight is 460 g/mol. The highest BCUT2D eigenvalue weighted by Gasteiger charge is 2.33. The first-order chi connectivity index (χ1) is 14.5. The number of carbonyl (C=O) groups is 1. The third-order valence-electron chi connectivity index (χ3n) is 4.54. The van der Waals surface area contributed by atoms with Crippen LogP contribution in [0.2, 0.25) is 5.02 Å². The maximum atomic E-state index is 13.3. The van der Waals surface area contributed by atoms with E-state index >= 15 is 0 Å². The van der Waals surface area contributed by atoms with E-state index in [-0.39, 0.29) is 12.2 Å². The van der Waals surface area contributed by atoms with Gasteiger partial charge >= 0.3 is 5.97 Å². The van der Waals surface area contributed by atoms with Gasteiger partial charge in [0.25, 0.3) is 5.56 Å². The van der Waals surface area contributed by atoms with Crippen molar-refractivity contribution in [3.05, 3.63) is 82.6 Å². The van der Waals surface area contributed by atoms with Crippen LogP contribution in [-0.4, -0.2) is 17.1 Å². The van der Waals surface area contributed by atoms with Crippen LogP contribution in [0.25, 0.3) is 6.20 Å². The van der Waals surface area contributed by atoms with Gasteiger partial charge in [-0.15, -0.1) is 11.3 Å². The molecule has 0 saturated carbocycles. The fourth-order valence-corrected chi connectivity index (χ4v) is 5.12. The van der Waals surface area contributed by atoms with Crippen molar-refractivity contribution in [2.75, 3.05) is 11.9 Å². The minimum absolute atomic E-state index is 0.215. The molecule has 1 N–H and O–H groups in total. The van der Waals surface area contributed by atoms with Crippen molar-refractivity contribution < 1.29 is 9.53 Å². The summed E-state index contributed by atoms with van der Waals surface area (Å²) < 4.78 is 7.33. The number of anilines is 1. The molecular formula is C21H18ClN3O3S2. The van der Waals surface area contributed by atoms with Crippen molar-refractivity contribution >= 4 is 52.1 Å². The summed E-state index contributed by atoms with van der Waals surface area (Å²) in [6, 6.07) is 10.4. The predicted octanol–water partition coefficient (Wildman–Crippen LogP) is 3.53. The molecule has 0 unspecified atom stereocenters. The summed E-state index contributed by atoms with van der Waals surface area (Å²) in [4.78, 5) is 31.9. The second-order valence-corrected chi connectivity index (χ2v) is 8.89. The molecule has 0 bridgehead atoms. The number of aromatic nitrogens is 1. The molecule has 0 fully saturated rings. The Labute approximate surface area is 185 Å². The summed E-state index contributed by atoms with van der Waals surface area (Å²) in [6.45, 7) is 3.78. The molecule has 9 heteroatoms. The predicted molar refractivity (Wildman–Crippen MR) is 121 cm³/mol. The number of nitrogens with zero attached hydrogens (tertiary/aromatic N) is 2. The Hall–Kier alpha value is -2.68. The molecule has 0 spiro atoms. The minimum Gasteiger partial charge on any atom is -0.463 e. The highest BCUT2D eigenvalue weighted by atomic mass is 35.5. The van der Waals surface area contributed by atoms with E-state index in [1.165, 1.54) is 22.7 Å². The number of carbonyl (C=O) groups excluding carboxylic acids is 1. The molecule has 4 rings (SSSR count). The SMILES string of the molecule is CCOC(=O)C1=C(C)N=c2s/c(=C\Nc3ccc(Cl)cc3)c(=O)n2[C@@H]1c1cccs1. The summed E-state index contributed by atoms with van der Waals surface area (Å²) in [5, 5.41) is 5.68. The number of hydrogen-bond acceptors (Lipinski definition) is 7. The maximum Gasteiger partial charge on any atom is 0.338 e. The number of ether oxygens (including phenoxy) is 1. The number of hydrogen-bond donors (Lipinski definition) is 1. The van der Waals surface area contributed by atoms with Crippen molar-refractivity contribution in [2.45, 2.75) is 19.9 Å². The molecule has 3 aromatic rings. The maximum absolute atomic E-state index is 13.3. The summed E-state index contributed by atoms with van der Waals surface area (Å²) in [5.41, 5.74) is 1.55. The fraction of sp³-hybridized carbons (Fsp3) is 0.190. The number of thiophene rings is 1. The fourth-order valence-electron chi connectivity index (χ4n) is 3.20. The number of halogens is 1. The van der Waals surface area contributed by atoms with Gasteiger partial charge in [0.05, 0.1) is 17.9 Å². The summed E-state index contributed by atoms with van der Waals surface area (Å²) in [5.74, 6) is -0.453. The first-order valence-electron chi connectivity index (χ1n) is 9.23. The van der Waals surface area contributed by atoms with E-state index in [4.69, 9.17) is 16.3 Å². The van der Waals surface area contributed by atoms with Crippen molar-refractivity contribution in [3.63, 3.8) is 0 Å². The van der Waals surface area contributed by atoms with Crippen molar-refractivity contribution in [1.29, 1.82) is 0 Å². The Morgan fingerprint density at radius 3 is 2.77 bits per heavy atom. The van der Waals surface area contributed by atoms with Gasteiger partial charge in [0.15, 0.2) is 4.80 Å². The summed E-state index contributed by atoms with van der Waals surface area (Å²) in [6.07, 6.45) is 1.65. The lowest BCUT2D eigenvalue weighted by Crippen LogP contribution is -2.39. The second-order valence-electron chi connectivity index (χ2n) is 6.47. The number of nitrogens with one attached hydrogen (secondary N) is 1. The minimum atomic E-state index is -0.557. The van der Waals surface area contributed by atoms with Crippen LogP contribution < -0.4 is 20.2 Å². The number of allylic oxidation sites excluding steroid dienone is 1. The van der Waals surface area contributed by atoms with E-state index in [0.717, 1.165) is 10.6 Å². The molecule has 154 valence electrons. The van der Waals surface area contributed by atoms with Gasteiger partial charge in [0.1, 0.15) is 10.6 Å². The molecule has 1 atom stereocenters. The molecule has 0 aliphatic carbocycles. The van der Waals surface area contributed by atoms with Crippen molar-refractivity contribution in [3.8, 4) is 0 Å². The van der Waals surface area contributed by atoms with Crippen LogP contribution in [0.3, 0.4) is 0 Å². The van der Waals surface area contributed by atoms with Gasteiger partial charge in [-0.1, -0.05) is 29.0 Å². The van der Waals surface area contributed by atoms with E-state index < -0.39 is 12.0 Å². The Bertz CT molecular complexity index is 1290. The van der Waals surface area contributed by atoms with E-state index in [1.807, 2.05) is 29.6 Å². The number of thiazole rings is 1. The number of esters is 1. The molecule has 0 amide bonds. The molecular weight excluding hydrogens is 442 g/mol. The van der Waals surface area contributed by atoms with Crippen LogP contribution in [0, 0.1) is 0 Å². The molecule has 1 aliphatic rings. The normalized spacial score (nSPS) is 16.2. The summed E-state index contributed by atoms with van der Waals surface area (Å²) in [7, 11) is 0. The lowest BCUT2D eigenvalue weighted by atomic mass is 10.0. The van der Waals surface area contributed by atoms with E-state index in [2.05, 4.69) is 10.3 Å². The smallest absolute Gasteiger partial charge is 0.338 e. The first kappa shape index (κ1) is 20.6. The Balaban J connectivity index is 1.83. The zero-order chi connectivity index (χ0) is 21.3. The van der Waals surface area contributed by atoms with E-state index in [9.17, 15) is 9.59 Å². The zero-order valence-corrected chi connectivity index (χ0v) is 18.6. The lowest BCUT2D eigenvalue weighted by Gasteiger charge is -2.23. The third kappa shape index (κ3) is 3.86. The number of fused-ring (bicyclic) bond motifs is 1. The zero-order valence-electron chi connectivity index (χ0n) is 16.2. The van der Waals surface area contributed by atoms with Crippen LogP contribution in [0.4, 0.5) is 5.69 Å². The van der Waals surface area contributed by atoms with Crippen LogP contribution in [0.1, 0.15) is 24.8 Å². The van der Waals surface area contributed by atoms with Gasteiger partial charge < -0.3 is 10.1 Å². The molecule has 30 heavy (non-hydrogen) atoms. The molecule has 2 aromatic heterocycles. The van der Waals surface area contributed by atoms with Gasteiger partial charge in [-0.3, -0.25) is 9.36 Å². The van der Waals surface area contributed by atoms with Gasteiger partial charge in [0, 0.05) is 21.8 Å². The van der Waals surface area contributed by atoms with Crippen LogP contribution >= 0.6 is 34.3 Å². The molecule has 3 heterocycles. The third-order valence-corrected chi connectivity index (χ3v) is 6.70. The largest absolute Gasteiger partial charge is 0.463 e. The standard InChI is InChI=1S/C21H18ClN3O3S2/c1-3-28-20(27)17-12(2)24-21-25(18(17)15-5-4-10-29-15)19(26)16(30-21)11-23-14-8-6-13(22)7-9-14/h4-11,18,23H,3H2,1-2H3/b16-11-/t18-/m1/s1. The van der Waals surface area contributed by atoms with Crippen LogP contribution in [-0.2, 0) is 9.53 Å². The molecule has 0 saturated heterocycles. The first-order valence-corrected chi connectivity index (χ1v) is 11.3. The van der Waals surface area contributed by atoms with Gasteiger partial charge in [-0.2, -0.15) is 0 Å². The molecule has 1 aliphatic heterocycles. The van der Waals surface area contributed by atoms with Gasteiger partial charge in [-0.25, -0.2) is 9.79 Å². The Morgan fingerprint density at radius 2 is 2.10 bits per heavy atom. The highest BCUT2D eigenvalue weighted by Crippen LogP contribution is 2.33. The average Bonchev–Trinajstić information content (AvgIpc) is 3.35. The highest BCUT2D eigenvalue weighted by molar-refractivity contribution is 7.10.